The lowest BCUT2D eigenvalue weighted by atomic mass is 9.98. The van der Waals surface area contributed by atoms with Gasteiger partial charge in [0.15, 0.2) is 5.82 Å². The number of nitrogens with zero attached hydrogens (tertiary/aromatic N) is 4. The molecule has 0 aromatic carbocycles. The minimum atomic E-state index is -0.0486. The molecule has 1 unspecified atom stereocenters. The van der Waals surface area contributed by atoms with Crippen molar-refractivity contribution in [1.29, 1.82) is 0 Å². The lowest BCUT2D eigenvalue weighted by Gasteiger charge is -2.31. The van der Waals surface area contributed by atoms with Crippen LogP contribution in [0.5, 0.6) is 0 Å². The zero-order valence-corrected chi connectivity index (χ0v) is 12.6. The van der Waals surface area contributed by atoms with E-state index in [1.807, 2.05) is 11.1 Å². The summed E-state index contributed by atoms with van der Waals surface area (Å²) in [4.78, 5) is 25.6. The fourth-order valence-corrected chi connectivity index (χ4v) is 2.72. The van der Waals surface area contributed by atoms with Crippen LogP contribution in [0.25, 0.3) is 0 Å². The maximum absolute atomic E-state index is 12.2. The Morgan fingerprint density at radius 3 is 3.23 bits per heavy atom. The standard InChI is InChI=1S/C14H20N6O2/c1-10-18-12(22-19-10)4-5-17-14(21)20-8-2-3-11(9-20)13-15-6-7-16-13/h6-7,11H,2-5,8-9H2,1H3,(H,15,16)(H,17,21). The molecule has 0 radical (unpaired) electrons. The number of H-pyrrole nitrogens is 1. The number of carbonyl (C=O) groups excluding carboxylic acids is 1. The second kappa shape index (κ2) is 6.59. The third-order valence-corrected chi connectivity index (χ3v) is 3.80. The van der Waals surface area contributed by atoms with Gasteiger partial charge < -0.3 is 19.7 Å². The maximum Gasteiger partial charge on any atom is 0.317 e. The number of urea groups is 1. The summed E-state index contributed by atoms with van der Waals surface area (Å²) < 4.78 is 5.02. The van der Waals surface area contributed by atoms with Gasteiger partial charge >= 0.3 is 6.03 Å². The summed E-state index contributed by atoms with van der Waals surface area (Å²) in [6, 6.07) is -0.0486. The Bertz CT molecular complexity index is 609. The molecule has 2 aromatic rings. The highest BCUT2D eigenvalue weighted by atomic mass is 16.5. The van der Waals surface area contributed by atoms with Crippen LogP contribution in [0.3, 0.4) is 0 Å². The van der Waals surface area contributed by atoms with Crippen molar-refractivity contribution in [3.05, 3.63) is 29.9 Å². The molecule has 0 saturated carbocycles. The molecule has 8 heteroatoms. The lowest BCUT2D eigenvalue weighted by Crippen LogP contribution is -2.45. The summed E-state index contributed by atoms with van der Waals surface area (Å²) in [6.07, 6.45) is 6.16. The molecule has 1 atom stereocenters. The molecule has 0 spiro atoms. The summed E-state index contributed by atoms with van der Waals surface area (Å²) in [5.41, 5.74) is 0. The van der Waals surface area contributed by atoms with E-state index in [0.717, 1.165) is 25.2 Å². The SMILES string of the molecule is Cc1noc(CCNC(=O)N2CCCC(c3ncc[nH]3)C2)n1. The molecule has 2 amide bonds. The molecule has 1 aliphatic rings. The summed E-state index contributed by atoms with van der Waals surface area (Å²) in [7, 11) is 0. The van der Waals surface area contributed by atoms with E-state index in [0.29, 0.717) is 31.2 Å². The zero-order valence-electron chi connectivity index (χ0n) is 12.6. The third-order valence-electron chi connectivity index (χ3n) is 3.80. The van der Waals surface area contributed by atoms with Crippen molar-refractivity contribution in [3.8, 4) is 0 Å². The molecule has 2 aromatic heterocycles. The molecular weight excluding hydrogens is 284 g/mol. The Morgan fingerprint density at radius 1 is 1.59 bits per heavy atom. The number of carbonyl (C=O) groups is 1. The molecule has 0 bridgehead atoms. The molecule has 3 heterocycles. The molecule has 2 N–H and O–H groups in total. The first kappa shape index (κ1) is 14.6. The number of rotatable bonds is 4. The topological polar surface area (TPSA) is 99.9 Å². The number of likely N-dealkylation sites (tertiary alicyclic amines) is 1. The van der Waals surface area contributed by atoms with E-state index in [4.69, 9.17) is 4.52 Å². The number of imidazole rings is 1. The van der Waals surface area contributed by atoms with Crippen molar-refractivity contribution in [2.75, 3.05) is 19.6 Å². The highest BCUT2D eigenvalue weighted by molar-refractivity contribution is 5.74. The monoisotopic (exact) mass is 304 g/mol. The minimum Gasteiger partial charge on any atom is -0.348 e. The fraction of sp³-hybridized carbons (Fsp3) is 0.571. The van der Waals surface area contributed by atoms with Crippen molar-refractivity contribution in [2.45, 2.75) is 32.1 Å². The normalized spacial score (nSPS) is 18.4. The number of aromatic amines is 1. The highest BCUT2D eigenvalue weighted by Gasteiger charge is 2.25. The van der Waals surface area contributed by atoms with Crippen LogP contribution in [0.15, 0.2) is 16.9 Å². The molecular formula is C14H20N6O2. The Labute approximate surface area is 128 Å². The van der Waals surface area contributed by atoms with Gasteiger partial charge in [-0.15, -0.1) is 0 Å². The van der Waals surface area contributed by atoms with Gasteiger partial charge in [0, 0.05) is 44.4 Å². The van der Waals surface area contributed by atoms with Gasteiger partial charge in [-0.25, -0.2) is 9.78 Å². The summed E-state index contributed by atoms with van der Waals surface area (Å²) >= 11 is 0. The van der Waals surface area contributed by atoms with Crippen LogP contribution in [-0.4, -0.2) is 50.7 Å². The minimum absolute atomic E-state index is 0.0486. The van der Waals surface area contributed by atoms with E-state index in [1.54, 1.807) is 13.1 Å². The average Bonchev–Trinajstić information content (AvgIpc) is 3.19. The van der Waals surface area contributed by atoms with E-state index in [9.17, 15) is 4.79 Å². The van der Waals surface area contributed by atoms with E-state index in [1.165, 1.54) is 0 Å². The van der Waals surface area contributed by atoms with Gasteiger partial charge in [-0.3, -0.25) is 0 Å². The van der Waals surface area contributed by atoms with Crippen LogP contribution in [0.4, 0.5) is 4.79 Å². The number of amides is 2. The Morgan fingerprint density at radius 2 is 2.50 bits per heavy atom. The van der Waals surface area contributed by atoms with Gasteiger partial charge in [-0.05, 0) is 19.8 Å². The summed E-state index contributed by atoms with van der Waals surface area (Å²) in [5, 5.41) is 6.63. The molecule has 1 saturated heterocycles. The first-order valence-electron chi connectivity index (χ1n) is 7.53. The lowest BCUT2D eigenvalue weighted by molar-refractivity contribution is 0.178. The quantitative estimate of drug-likeness (QED) is 0.885. The maximum atomic E-state index is 12.2. The van der Waals surface area contributed by atoms with E-state index in [-0.39, 0.29) is 11.9 Å². The van der Waals surface area contributed by atoms with Crippen molar-refractivity contribution in [1.82, 2.24) is 30.3 Å². The Kier molecular flexibility index (Phi) is 4.36. The van der Waals surface area contributed by atoms with E-state index < -0.39 is 0 Å². The summed E-state index contributed by atoms with van der Waals surface area (Å²) in [5.74, 6) is 2.40. The fourth-order valence-electron chi connectivity index (χ4n) is 2.72. The molecule has 22 heavy (non-hydrogen) atoms. The van der Waals surface area contributed by atoms with E-state index >= 15 is 0 Å². The predicted molar refractivity (Wildman–Crippen MR) is 78.3 cm³/mol. The number of aromatic nitrogens is 4. The second-order valence-corrected chi connectivity index (χ2v) is 5.48. The van der Waals surface area contributed by atoms with Crippen LogP contribution in [0.2, 0.25) is 0 Å². The summed E-state index contributed by atoms with van der Waals surface area (Å²) in [6.45, 7) is 3.73. The smallest absolute Gasteiger partial charge is 0.317 e. The van der Waals surface area contributed by atoms with Crippen LogP contribution >= 0.6 is 0 Å². The Balaban J connectivity index is 1.47. The molecule has 1 fully saturated rings. The molecule has 118 valence electrons. The van der Waals surface area contributed by atoms with Crippen molar-refractivity contribution >= 4 is 6.03 Å². The number of hydrogen-bond acceptors (Lipinski definition) is 5. The highest BCUT2D eigenvalue weighted by Crippen LogP contribution is 2.24. The van der Waals surface area contributed by atoms with Crippen molar-refractivity contribution in [3.63, 3.8) is 0 Å². The number of piperidine rings is 1. The second-order valence-electron chi connectivity index (χ2n) is 5.48. The van der Waals surface area contributed by atoms with Gasteiger partial charge in [0.1, 0.15) is 5.82 Å². The molecule has 1 aliphatic heterocycles. The van der Waals surface area contributed by atoms with Gasteiger partial charge in [0.2, 0.25) is 5.89 Å². The third kappa shape index (κ3) is 3.44. The average molecular weight is 304 g/mol. The van der Waals surface area contributed by atoms with Gasteiger partial charge in [-0.1, -0.05) is 5.16 Å². The van der Waals surface area contributed by atoms with Crippen LogP contribution < -0.4 is 5.32 Å². The van der Waals surface area contributed by atoms with Crippen molar-refractivity contribution in [2.24, 2.45) is 0 Å². The van der Waals surface area contributed by atoms with Crippen LogP contribution in [0.1, 0.15) is 36.3 Å². The molecule has 8 nitrogen and oxygen atoms in total. The number of aryl methyl sites for hydroxylation is 1. The molecule has 0 aliphatic carbocycles. The predicted octanol–water partition coefficient (Wildman–Crippen LogP) is 1.23. The van der Waals surface area contributed by atoms with Crippen molar-refractivity contribution < 1.29 is 9.32 Å². The number of nitrogens with one attached hydrogen (secondary N) is 2. The Hall–Kier alpha value is -2.38. The van der Waals surface area contributed by atoms with Crippen LogP contribution in [-0.2, 0) is 6.42 Å². The van der Waals surface area contributed by atoms with Gasteiger partial charge in [0.25, 0.3) is 0 Å². The first-order valence-corrected chi connectivity index (χ1v) is 7.53. The van der Waals surface area contributed by atoms with Crippen LogP contribution in [0, 0.1) is 6.92 Å². The zero-order chi connectivity index (χ0) is 15.4. The number of hydrogen-bond donors (Lipinski definition) is 2. The van der Waals surface area contributed by atoms with Gasteiger partial charge in [0.05, 0.1) is 0 Å². The van der Waals surface area contributed by atoms with Gasteiger partial charge in [-0.2, -0.15) is 4.98 Å². The largest absolute Gasteiger partial charge is 0.348 e. The molecule has 3 rings (SSSR count). The first-order chi connectivity index (χ1) is 10.7. The van der Waals surface area contributed by atoms with E-state index in [2.05, 4.69) is 25.4 Å².